The van der Waals surface area contributed by atoms with Gasteiger partial charge in [-0.3, -0.25) is 0 Å². The molecule has 0 aliphatic heterocycles. The van der Waals surface area contributed by atoms with E-state index in [1.165, 1.54) is 12.1 Å². The van der Waals surface area contributed by atoms with Crippen LogP contribution in [0.3, 0.4) is 0 Å². The van der Waals surface area contributed by atoms with E-state index >= 15 is 0 Å². The third-order valence-electron chi connectivity index (χ3n) is 2.56. The van der Waals surface area contributed by atoms with Crippen LogP contribution in [0.4, 0.5) is 0 Å². The molecule has 18 heavy (non-hydrogen) atoms. The molecule has 1 aromatic carbocycles. The summed E-state index contributed by atoms with van der Waals surface area (Å²) < 4.78 is 26.6. The average Bonchev–Trinajstić information content (AvgIpc) is 2.28. The standard InChI is InChI=1S/C12H19ClN2O2S/c1-9(2)5-6-15-18(16,17)11-3-4-12(13)10(7-11)8-14/h3-4,7,9,15H,5-6,8,14H2,1-2H3. The first-order valence-corrected chi connectivity index (χ1v) is 7.71. The first-order chi connectivity index (χ1) is 8.36. The van der Waals surface area contributed by atoms with E-state index in [0.717, 1.165) is 6.42 Å². The van der Waals surface area contributed by atoms with Gasteiger partial charge >= 0.3 is 0 Å². The molecular formula is C12H19ClN2O2S. The van der Waals surface area contributed by atoms with Crippen molar-refractivity contribution in [1.82, 2.24) is 4.72 Å². The number of sulfonamides is 1. The van der Waals surface area contributed by atoms with Gasteiger partial charge in [0, 0.05) is 18.1 Å². The molecular weight excluding hydrogens is 272 g/mol. The zero-order valence-electron chi connectivity index (χ0n) is 10.6. The van der Waals surface area contributed by atoms with Gasteiger partial charge in [0.1, 0.15) is 0 Å². The van der Waals surface area contributed by atoms with Gasteiger partial charge in [0.25, 0.3) is 0 Å². The number of nitrogens with two attached hydrogens (primary N) is 1. The van der Waals surface area contributed by atoms with Gasteiger partial charge in [-0.1, -0.05) is 25.4 Å². The van der Waals surface area contributed by atoms with Crippen molar-refractivity contribution in [2.24, 2.45) is 11.7 Å². The zero-order valence-corrected chi connectivity index (χ0v) is 12.2. The highest BCUT2D eigenvalue weighted by molar-refractivity contribution is 7.89. The second-order valence-electron chi connectivity index (χ2n) is 4.54. The SMILES string of the molecule is CC(C)CCNS(=O)(=O)c1ccc(Cl)c(CN)c1. The lowest BCUT2D eigenvalue weighted by molar-refractivity contribution is 0.551. The van der Waals surface area contributed by atoms with Crippen LogP contribution in [0.15, 0.2) is 23.1 Å². The Morgan fingerprint density at radius 3 is 2.61 bits per heavy atom. The number of hydrogen-bond acceptors (Lipinski definition) is 3. The molecule has 6 heteroatoms. The smallest absolute Gasteiger partial charge is 0.240 e. The molecule has 0 spiro atoms. The van der Waals surface area contributed by atoms with Crippen LogP contribution in [-0.2, 0) is 16.6 Å². The number of benzene rings is 1. The summed E-state index contributed by atoms with van der Waals surface area (Å²) in [7, 11) is -3.47. The lowest BCUT2D eigenvalue weighted by Crippen LogP contribution is -2.25. The fourth-order valence-corrected chi connectivity index (χ4v) is 2.73. The Morgan fingerprint density at radius 2 is 2.06 bits per heavy atom. The fourth-order valence-electron chi connectivity index (χ4n) is 1.44. The van der Waals surface area contributed by atoms with Crippen molar-refractivity contribution in [2.75, 3.05) is 6.54 Å². The largest absolute Gasteiger partial charge is 0.326 e. The number of rotatable bonds is 6. The summed E-state index contributed by atoms with van der Waals surface area (Å²) in [4.78, 5) is 0.205. The van der Waals surface area contributed by atoms with E-state index in [1.807, 2.05) is 13.8 Å². The second kappa shape index (κ2) is 6.52. The molecule has 0 amide bonds. The Morgan fingerprint density at radius 1 is 1.39 bits per heavy atom. The minimum atomic E-state index is -3.47. The lowest BCUT2D eigenvalue weighted by Gasteiger charge is -2.10. The average molecular weight is 291 g/mol. The van der Waals surface area contributed by atoms with Crippen molar-refractivity contribution in [3.8, 4) is 0 Å². The predicted molar refractivity (Wildman–Crippen MR) is 74.0 cm³/mol. The van der Waals surface area contributed by atoms with Gasteiger partial charge in [0.2, 0.25) is 10.0 Å². The number of hydrogen-bond donors (Lipinski definition) is 2. The summed E-state index contributed by atoms with van der Waals surface area (Å²) in [6, 6.07) is 4.56. The van der Waals surface area contributed by atoms with E-state index in [0.29, 0.717) is 23.0 Å². The van der Waals surface area contributed by atoms with Gasteiger partial charge in [0.15, 0.2) is 0 Å². The van der Waals surface area contributed by atoms with Crippen molar-refractivity contribution in [2.45, 2.75) is 31.7 Å². The van der Waals surface area contributed by atoms with E-state index in [4.69, 9.17) is 17.3 Å². The van der Waals surface area contributed by atoms with Gasteiger partial charge in [0.05, 0.1) is 4.90 Å². The van der Waals surface area contributed by atoms with E-state index in [-0.39, 0.29) is 11.4 Å². The molecule has 0 saturated carbocycles. The molecule has 102 valence electrons. The Bertz CT molecular complexity index is 501. The highest BCUT2D eigenvalue weighted by Gasteiger charge is 2.15. The molecule has 0 aliphatic carbocycles. The number of nitrogens with one attached hydrogen (secondary N) is 1. The minimum absolute atomic E-state index is 0.205. The summed E-state index contributed by atoms with van der Waals surface area (Å²) in [6.45, 7) is 4.74. The van der Waals surface area contributed by atoms with Crippen molar-refractivity contribution in [3.63, 3.8) is 0 Å². The predicted octanol–water partition coefficient (Wildman–Crippen LogP) is 2.12. The monoisotopic (exact) mass is 290 g/mol. The summed E-state index contributed by atoms with van der Waals surface area (Å²) in [6.07, 6.45) is 0.802. The minimum Gasteiger partial charge on any atom is -0.326 e. The van der Waals surface area contributed by atoms with Gasteiger partial charge in [-0.2, -0.15) is 0 Å². The van der Waals surface area contributed by atoms with Gasteiger partial charge in [-0.15, -0.1) is 0 Å². The van der Waals surface area contributed by atoms with Crippen LogP contribution in [0.1, 0.15) is 25.8 Å². The van der Waals surface area contributed by atoms with Crippen molar-refractivity contribution < 1.29 is 8.42 Å². The normalized spacial score (nSPS) is 12.1. The molecule has 1 aromatic rings. The third kappa shape index (κ3) is 4.24. The number of halogens is 1. The van der Waals surface area contributed by atoms with E-state index in [1.54, 1.807) is 6.07 Å². The first-order valence-electron chi connectivity index (χ1n) is 5.85. The molecule has 3 N–H and O–H groups in total. The van der Waals surface area contributed by atoms with Crippen molar-refractivity contribution in [3.05, 3.63) is 28.8 Å². The van der Waals surface area contributed by atoms with Crippen molar-refractivity contribution >= 4 is 21.6 Å². The van der Waals surface area contributed by atoms with Gasteiger partial charge in [-0.25, -0.2) is 13.1 Å². The molecule has 0 aliphatic rings. The van der Waals surface area contributed by atoms with Crippen LogP contribution in [0.2, 0.25) is 5.02 Å². The third-order valence-corrected chi connectivity index (χ3v) is 4.39. The summed E-state index contributed by atoms with van der Waals surface area (Å²) in [5, 5.41) is 0.485. The van der Waals surface area contributed by atoms with Crippen LogP contribution in [0.5, 0.6) is 0 Å². The van der Waals surface area contributed by atoms with Gasteiger partial charge < -0.3 is 5.73 Å². The Hall–Kier alpha value is -0.620. The van der Waals surface area contributed by atoms with E-state index in [9.17, 15) is 8.42 Å². The quantitative estimate of drug-likeness (QED) is 0.843. The molecule has 1 rings (SSSR count). The first kappa shape index (κ1) is 15.4. The second-order valence-corrected chi connectivity index (χ2v) is 6.71. The molecule has 0 radical (unpaired) electrons. The fraction of sp³-hybridized carbons (Fsp3) is 0.500. The zero-order chi connectivity index (χ0) is 13.8. The highest BCUT2D eigenvalue weighted by Crippen LogP contribution is 2.20. The molecule has 0 atom stereocenters. The van der Waals surface area contributed by atoms with Crippen LogP contribution in [0.25, 0.3) is 0 Å². The lowest BCUT2D eigenvalue weighted by atomic mass is 10.1. The van der Waals surface area contributed by atoms with Crippen LogP contribution in [-0.4, -0.2) is 15.0 Å². The summed E-state index contributed by atoms with van der Waals surface area (Å²) in [5.41, 5.74) is 6.13. The molecule has 0 aromatic heterocycles. The maximum atomic E-state index is 12.0. The van der Waals surface area contributed by atoms with Gasteiger partial charge in [-0.05, 0) is 36.1 Å². The van der Waals surface area contributed by atoms with Crippen molar-refractivity contribution in [1.29, 1.82) is 0 Å². The van der Waals surface area contributed by atoms with Crippen LogP contribution >= 0.6 is 11.6 Å². The Kier molecular flexibility index (Phi) is 5.59. The summed E-state index contributed by atoms with van der Waals surface area (Å²) >= 11 is 5.90. The Balaban J connectivity index is 2.85. The summed E-state index contributed by atoms with van der Waals surface area (Å²) in [5.74, 6) is 0.456. The molecule has 0 fully saturated rings. The topological polar surface area (TPSA) is 72.2 Å². The maximum absolute atomic E-state index is 12.0. The van der Waals surface area contributed by atoms with E-state index in [2.05, 4.69) is 4.72 Å². The molecule has 4 nitrogen and oxygen atoms in total. The van der Waals surface area contributed by atoms with Crippen LogP contribution < -0.4 is 10.5 Å². The Labute approximate surface area is 114 Å². The van der Waals surface area contributed by atoms with Crippen LogP contribution in [0, 0.1) is 5.92 Å². The molecule has 0 bridgehead atoms. The molecule has 0 saturated heterocycles. The highest BCUT2D eigenvalue weighted by atomic mass is 35.5. The van der Waals surface area contributed by atoms with E-state index < -0.39 is 10.0 Å². The molecule has 0 heterocycles. The maximum Gasteiger partial charge on any atom is 0.240 e. The molecule has 0 unspecified atom stereocenters.